The summed E-state index contributed by atoms with van der Waals surface area (Å²) in [6.07, 6.45) is 5.54. The Kier molecular flexibility index (Phi) is 5.93. The summed E-state index contributed by atoms with van der Waals surface area (Å²) < 4.78 is 5.08. The molecule has 1 unspecified atom stereocenters. The molecule has 0 aliphatic carbocycles. The molecule has 2 aliphatic heterocycles. The van der Waals surface area contributed by atoms with Crippen LogP contribution in [0.25, 0.3) is 0 Å². The molecule has 1 spiro atoms. The van der Waals surface area contributed by atoms with Crippen molar-refractivity contribution in [3.63, 3.8) is 0 Å². The van der Waals surface area contributed by atoms with Crippen LogP contribution in [-0.2, 0) is 14.3 Å². The Balaban J connectivity index is 1.96. The third-order valence-corrected chi connectivity index (χ3v) is 5.27. The molecule has 2 heterocycles. The van der Waals surface area contributed by atoms with E-state index in [0.717, 1.165) is 45.3 Å². The largest absolute Gasteiger partial charge is 0.383 e. The van der Waals surface area contributed by atoms with Gasteiger partial charge in [0.05, 0.1) is 17.8 Å². The maximum absolute atomic E-state index is 12.7. The molecule has 6 heteroatoms. The quantitative estimate of drug-likeness (QED) is 0.766. The Bertz CT molecular complexity index is 391. The highest BCUT2D eigenvalue weighted by Crippen LogP contribution is 2.41. The summed E-state index contributed by atoms with van der Waals surface area (Å²) in [7, 11) is 1.66. The first-order valence-electron chi connectivity index (χ1n) is 7.68. The average molecular weight is 314 g/mol. The highest BCUT2D eigenvalue weighted by molar-refractivity contribution is 7.99. The zero-order chi connectivity index (χ0) is 15.3. The number of methoxy groups -OCH3 is 1. The normalized spacial score (nSPS) is 26.5. The number of nitrogens with zero attached hydrogens (tertiary/aromatic N) is 2. The lowest BCUT2D eigenvalue weighted by Crippen LogP contribution is -2.38. The first kappa shape index (κ1) is 16.6. The molecule has 2 fully saturated rings. The van der Waals surface area contributed by atoms with Gasteiger partial charge in [0.25, 0.3) is 0 Å². The third kappa shape index (κ3) is 3.72. The zero-order valence-electron chi connectivity index (χ0n) is 13.1. The monoisotopic (exact) mass is 314 g/mol. The summed E-state index contributed by atoms with van der Waals surface area (Å²) in [5.41, 5.74) is -0.220. The van der Waals surface area contributed by atoms with Crippen LogP contribution in [0.5, 0.6) is 0 Å². The van der Waals surface area contributed by atoms with E-state index in [1.807, 2.05) is 16.1 Å². The molecule has 2 rings (SSSR count). The number of ether oxygens (including phenoxy) is 1. The fourth-order valence-electron chi connectivity index (χ4n) is 3.43. The molecule has 0 aromatic carbocycles. The van der Waals surface area contributed by atoms with Crippen LogP contribution in [0.1, 0.15) is 25.7 Å². The van der Waals surface area contributed by atoms with E-state index in [2.05, 4.69) is 0 Å². The van der Waals surface area contributed by atoms with Crippen LogP contribution >= 0.6 is 11.8 Å². The van der Waals surface area contributed by atoms with E-state index in [1.54, 1.807) is 18.9 Å². The number of likely N-dealkylation sites (tertiary alicyclic amines) is 2. The zero-order valence-corrected chi connectivity index (χ0v) is 13.9. The van der Waals surface area contributed by atoms with Crippen molar-refractivity contribution in [1.82, 2.24) is 9.80 Å². The molecule has 0 aromatic rings. The minimum atomic E-state index is -0.220. The van der Waals surface area contributed by atoms with Crippen molar-refractivity contribution < 1.29 is 14.3 Å². The molecule has 0 bridgehead atoms. The highest BCUT2D eigenvalue weighted by atomic mass is 32.2. The van der Waals surface area contributed by atoms with Crippen LogP contribution in [0, 0.1) is 5.41 Å². The van der Waals surface area contributed by atoms with Gasteiger partial charge in [-0.1, -0.05) is 0 Å². The highest BCUT2D eigenvalue weighted by Gasteiger charge is 2.46. The lowest BCUT2D eigenvalue weighted by atomic mass is 9.79. The predicted octanol–water partition coefficient (Wildman–Crippen LogP) is 1.23. The molecule has 1 atom stereocenters. The van der Waals surface area contributed by atoms with Crippen molar-refractivity contribution in [3.8, 4) is 0 Å². The van der Waals surface area contributed by atoms with Gasteiger partial charge in [0.15, 0.2) is 0 Å². The fraction of sp³-hybridized carbons (Fsp3) is 0.867. The summed E-state index contributed by atoms with van der Waals surface area (Å²) >= 11 is 1.56. The van der Waals surface area contributed by atoms with E-state index >= 15 is 0 Å². The Morgan fingerprint density at radius 1 is 1.29 bits per heavy atom. The van der Waals surface area contributed by atoms with Crippen molar-refractivity contribution >= 4 is 23.6 Å². The number of rotatable bonds is 5. The lowest BCUT2D eigenvalue weighted by molar-refractivity contribution is -0.137. The van der Waals surface area contributed by atoms with Gasteiger partial charge in [0.2, 0.25) is 11.8 Å². The lowest BCUT2D eigenvalue weighted by Gasteiger charge is -2.26. The third-order valence-electron chi connectivity index (χ3n) is 4.73. The second kappa shape index (κ2) is 7.49. The molecule has 21 heavy (non-hydrogen) atoms. The van der Waals surface area contributed by atoms with Crippen LogP contribution in [0.3, 0.4) is 0 Å². The van der Waals surface area contributed by atoms with Crippen molar-refractivity contribution in [2.45, 2.75) is 25.7 Å². The summed E-state index contributed by atoms with van der Waals surface area (Å²) in [6, 6.07) is 0. The van der Waals surface area contributed by atoms with Crippen molar-refractivity contribution in [3.05, 3.63) is 0 Å². The number of hydrogen-bond acceptors (Lipinski definition) is 4. The molecule has 2 saturated heterocycles. The van der Waals surface area contributed by atoms with Gasteiger partial charge in [-0.2, -0.15) is 11.8 Å². The number of carbonyl (C=O) groups is 2. The number of thioether (sulfide) groups is 1. The van der Waals surface area contributed by atoms with Gasteiger partial charge in [-0.25, -0.2) is 0 Å². The minimum absolute atomic E-state index is 0.209. The van der Waals surface area contributed by atoms with E-state index in [1.165, 1.54) is 0 Å². The van der Waals surface area contributed by atoms with Crippen LogP contribution in [0.2, 0.25) is 0 Å². The molecule has 0 saturated carbocycles. The minimum Gasteiger partial charge on any atom is -0.383 e. The van der Waals surface area contributed by atoms with Crippen LogP contribution in [0.15, 0.2) is 0 Å². The van der Waals surface area contributed by atoms with Gasteiger partial charge < -0.3 is 14.5 Å². The average Bonchev–Trinajstić information content (AvgIpc) is 2.66. The smallest absolute Gasteiger partial charge is 0.232 e. The van der Waals surface area contributed by atoms with Crippen molar-refractivity contribution in [1.29, 1.82) is 0 Å². The van der Waals surface area contributed by atoms with E-state index in [-0.39, 0.29) is 17.2 Å². The maximum Gasteiger partial charge on any atom is 0.232 e. The molecule has 0 N–H and O–H groups in total. The SMILES string of the molecule is COCCN1CCC2(CCCN(C(=O)CSC)CC2)C1=O. The van der Waals surface area contributed by atoms with Crippen LogP contribution in [0.4, 0.5) is 0 Å². The topological polar surface area (TPSA) is 49.9 Å². The number of hydrogen-bond donors (Lipinski definition) is 0. The summed E-state index contributed by atoms with van der Waals surface area (Å²) in [4.78, 5) is 28.6. The molecule has 120 valence electrons. The summed E-state index contributed by atoms with van der Waals surface area (Å²) in [5.74, 6) is 1.03. The first-order chi connectivity index (χ1) is 10.1. The standard InChI is InChI=1S/C15H26N2O3S/c1-20-11-10-17-9-6-15(14(17)19)4-3-7-16(8-5-15)13(18)12-21-2/h3-12H2,1-2H3. The molecule has 0 radical (unpaired) electrons. The molecular weight excluding hydrogens is 288 g/mol. The van der Waals surface area contributed by atoms with Gasteiger partial charge >= 0.3 is 0 Å². The summed E-state index contributed by atoms with van der Waals surface area (Å²) in [6.45, 7) is 3.64. The predicted molar refractivity (Wildman–Crippen MR) is 84.3 cm³/mol. The second-order valence-corrected chi connectivity index (χ2v) is 6.85. The Labute approximate surface area is 131 Å². The molecule has 2 aliphatic rings. The van der Waals surface area contributed by atoms with Gasteiger partial charge in [-0.3, -0.25) is 9.59 Å². The summed E-state index contributed by atoms with van der Waals surface area (Å²) in [5, 5.41) is 0. The molecule has 5 nitrogen and oxygen atoms in total. The number of carbonyl (C=O) groups excluding carboxylic acids is 2. The Morgan fingerprint density at radius 2 is 2.05 bits per heavy atom. The Hall–Kier alpha value is -0.750. The molecule has 2 amide bonds. The van der Waals surface area contributed by atoms with Crippen molar-refractivity contribution in [2.75, 3.05) is 51.9 Å². The maximum atomic E-state index is 12.7. The second-order valence-electron chi connectivity index (χ2n) is 5.98. The van der Waals surface area contributed by atoms with Gasteiger partial charge in [-0.15, -0.1) is 0 Å². The molecular formula is C15H26N2O3S. The number of amides is 2. The van der Waals surface area contributed by atoms with Gasteiger partial charge in [0, 0.05) is 33.3 Å². The Morgan fingerprint density at radius 3 is 2.76 bits per heavy atom. The van der Waals surface area contributed by atoms with Gasteiger partial charge in [-0.05, 0) is 31.9 Å². The van der Waals surface area contributed by atoms with E-state index < -0.39 is 0 Å². The fourth-order valence-corrected chi connectivity index (χ4v) is 3.86. The van der Waals surface area contributed by atoms with Crippen molar-refractivity contribution in [2.24, 2.45) is 5.41 Å². The van der Waals surface area contributed by atoms with E-state index in [4.69, 9.17) is 4.74 Å². The van der Waals surface area contributed by atoms with Crippen LogP contribution in [-0.4, -0.2) is 73.5 Å². The van der Waals surface area contributed by atoms with E-state index in [0.29, 0.717) is 18.9 Å². The van der Waals surface area contributed by atoms with Crippen LogP contribution < -0.4 is 0 Å². The first-order valence-corrected chi connectivity index (χ1v) is 9.07. The molecule has 0 aromatic heterocycles. The van der Waals surface area contributed by atoms with Gasteiger partial charge in [0.1, 0.15) is 0 Å². The van der Waals surface area contributed by atoms with E-state index in [9.17, 15) is 9.59 Å².